The molecule has 2 atom stereocenters. The van der Waals surface area contributed by atoms with Gasteiger partial charge in [0.15, 0.2) is 0 Å². The molecule has 1 fully saturated rings. The van der Waals surface area contributed by atoms with E-state index in [1.165, 1.54) is 16.3 Å². The molecule has 1 aliphatic rings. The smallest absolute Gasteiger partial charge is 0.281 e. The summed E-state index contributed by atoms with van der Waals surface area (Å²) in [6.45, 7) is 0. The van der Waals surface area contributed by atoms with Gasteiger partial charge >= 0.3 is 0 Å². The number of rotatable bonds is 4. The van der Waals surface area contributed by atoms with E-state index in [1.54, 1.807) is 49.6 Å². The zero-order valence-corrected chi connectivity index (χ0v) is 17.5. The summed E-state index contributed by atoms with van der Waals surface area (Å²) in [5.41, 5.74) is 3.42. The number of hydrogen-bond acceptors (Lipinski definition) is 4. The maximum atomic E-state index is 12.8. The number of carbonyl (C=O) groups is 2. The molecule has 0 spiro atoms. The van der Waals surface area contributed by atoms with Crippen molar-refractivity contribution in [1.29, 1.82) is 0 Å². The highest BCUT2D eigenvalue weighted by molar-refractivity contribution is 7.21. The zero-order valence-electron chi connectivity index (χ0n) is 14.4. The number of methoxy groups -OCH3 is 1. The second-order valence-corrected chi connectivity index (χ2v) is 8.49. The van der Waals surface area contributed by atoms with E-state index < -0.39 is 17.3 Å². The molecule has 1 saturated heterocycles. The van der Waals surface area contributed by atoms with Crippen molar-refractivity contribution in [3.05, 3.63) is 63.0 Å². The third kappa shape index (κ3) is 3.20. The zero-order chi connectivity index (χ0) is 20.0. The highest BCUT2D eigenvalue weighted by atomic mass is 35.5. The van der Waals surface area contributed by atoms with E-state index in [4.69, 9.17) is 39.5 Å². The SMILES string of the molecule is COc1ccc(C2C(Cl)C(=O)N2NC(=O)c2sc3ccc(Cl)cc3c2Cl)cc1. The van der Waals surface area contributed by atoms with Gasteiger partial charge in [0.25, 0.3) is 11.8 Å². The number of amides is 2. The Hall–Kier alpha value is -1.99. The van der Waals surface area contributed by atoms with Crippen molar-refractivity contribution in [3.63, 3.8) is 0 Å². The number of hydrazine groups is 1. The second-order valence-electron chi connectivity index (χ2n) is 6.15. The Bertz CT molecular complexity index is 1080. The first-order valence-electron chi connectivity index (χ1n) is 8.20. The number of halogens is 3. The maximum Gasteiger partial charge on any atom is 0.281 e. The van der Waals surface area contributed by atoms with Crippen molar-refractivity contribution < 1.29 is 14.3 Å². The predicted molar refractivity (Wildman–Crippen MR) is 112 cm³/mol. The third-order valence-corrected chi connectivity index (χ3v) is 6.84. The maximum absolute atomic E-state index is 12.8. The molecule has 1 aromatic heterocycles. The lowest BCUT2D eigenvalue weighted by atomic mass is 9.95. The topological polar surface area (TPSA) is 58.6 Å². The number of carbonyl (C=O) groups excluding carboxylic acids is 2. The highest BCUT2D eigenvalue weighted by Crippen LogP contribution is 2.40. The van der Waals surface area contributed by atoms with E-state index in [0.717, 1.165) is 10.3 Å². The van der Waals surface area contributed by atoms with Crippen molar-refractivity contribution in [1.82, 2.24) is 10.4 Å². The number of ether oxygens (including phenoxy) is 1. The average molecular weight is 456 g/mol. The Kier molecular flexibility index (Phi) is 5.14. The van der Waals surface area contributed by atoms with Crippen molar-refractivity contribution in [2.45, 2.75) is 11.4 Å². The summed E-state index contributed by atoms with van der Waals surface area (Å²) in [4.78, 5) is 25.3. The summed E-state index contributed by atoms with van der Waals surface area (Å²) in [5.74, 6) is -0.166. The van der Waals surface area contributed by atoms with Crippen LogP contribution in [0.25, 0.3) is 10.1 Å². The number of nitrogens with zero attached hydrogens (tertiary/aromatic N) is 1. The molecular formula is C19H13Cl3N2O3S. The molecule has 2 unspecified atom stereocenters. The number of alkyl halides is 1. The molecule has 2 heterocycles. The van der Waals surface area contributed by atoms with Gasteiger partial charge in [-0.25, -0.2) is 5.01 Å². The average Bonchev–Trinajstić information content (AvgIpc) is 3.03. The predicted octanol–water partition coefficient (Wildman–Crippen LogP) is 5.05. The van der Waals surface area contributed by atoms with Gasteiger partial charge in [-0.15, -0.1) is 22.9 Å². The quantitative estimate of drug-likeness (QED) is 0.442. The number of benzene rings is 2. The Morgan fingerprint density at radius 2 is 1.89 bits per heavy atom. The standard InChI is InChI=1S/C19H13Cl3N2O3S/c1-27-11-5-2-9(3-6-11)16-15(22)19(26)24(16)23-18(25)17-14(21)12-8-10(20)4-7-13(12)28-17/h2-8,15-16H,1H3,(H,23,25). The number of fused-ring (bicyclic) bond motifs is 1. The van der Waals surface area contributed by atoms with E-state index in [9.17, 15) is 9.59 Å². The highest BCUT2D eigenvalue weighted by Gasteiger charge is 2.48. The van der Waals surface area contributed by atoms with Crippen LogP contribution in [-0.4, -0.2) is 29.3 Å². The fourth-order valence-corrected chi connectivity index (χ4v) is 4.96. The van der Waals surface area contributed by atoms with Gasteiger partial charge in [-0.2, -0.15) is 0 Å². The van der Waals surface area contributed by atoms with Crippen LogP contribution in [0.1, 0.15) is 21.3 Å². The molecule has 9 heteroatoms. The first-order chi connectivity index (χ1) is 13.4. The third-order valence-electron chi connectivity index (χ3n) is 4.50. The summed E-state index contributed by atoms with van der Waals surface area (Å²) < 4.78 is 5.97. The molecule has 2 aromatic carbocycles. The molecule has 3 aromatic rings. The summed E-state index contributed by atoms with van der Waals surface area (Å²) >= 11 is 19.8. The van der Waals surface area contributed by atoms with Crippen molar-refractivity contribution in [2.75, 3.05) is 7.11 Å². The molecular weight excluding hydrogens is 443 g/mol. The summed E-state index contributed by atoms with van der Waals surface area (Å²) in [7, 11) is 1.57. The molecule has 0 radical (unpaired) electrons. The van der Waals surface area contributed by atoms with Gasteiger partial charge in [-0.1, -0.05) is 35.3 Å². The summed E-state index contributed by atoms with van der Waals surface area (Å²) in [5, 5.41) is 2.00. The van der Waals surface area contributed by atoms with Crippen LogP contribution in [0.2, 0.25) is 10.0 Å². The molecule has 0 aliphatic carbocycles. The molecule has 4 rings (SSSR count). The molecule has 144 valence electrons. The van der Waals surface area contributed by atoms with Crippen molar-refractivity contribution in [3.8, 4) is 5.75 Å². The molecule has 2 amide bonds. The van der Waals surface area contributed by atoms with Gasteiger partial charge in [-0.3, -0.25) is 15.0 Å². The molecule has 0 saturated carbocycles. The fourth-order valence-electron chi connectivity index (χ4n) is 3.04. The van der Waals surface area contributed by atoms with Gasteiger partial charge in [-0.05, 0) is 35.9 Å². The molecule has 28 heavy (non-hydrogen) atoms. The van der Waals surface area contributed by atoms with E-state index in [-0.39, 0.29) is 5.91 Å². The first kappa shape index (κ1) is 19.3. The van der Waals surface area contributed by atoms with Crippen LogP contribution in [0.15, 0.2) is 42.5 Å². The van der Waals surface area contributed by atoms with E-state index in [0.29, 0.717) is 26.1 Å². The van der Waals surface area contributed by atoms with Gasteiger partial charge < -0.3 is 4.74 Å². The van der Waals surface area contributed by atoms with Crippen molar-refractivity contribution in [2.24, 2.45) is 0 Å². The minimum Gasteiger partial charge on any atom is -0.497 e. The molecule has 1 N–H and O–H groups in total. The summed E-state index contributed by atoms with van der Waals surface area (Å²) in [6, 6.07) is 11.9. The Morgan fingerprint density at radius 1 is 1.18 bits per heavy atom. The number of β-lactam (4-membered cyclic amide) rings is 1. The minimum atomic E-state index is -0.759. The van der Waals surface area contributed by atoms with E-state index in [2.05, 4.69) is 5.43 Å². The first-order valence-corrected chi connectivity index (χ1v) is 10.2. The second kappa shape index (κ2) is 7.44. The molecule has 5 nitrogen and oxygen atoms in total. The Balaban J connectivity index is 1.59. The number of nitrogens with one attached hydrogen (secondary N) is 1. The lowest BCUT2D eigenvalue weighted by Crippen LogP contribution is -2.63. The van der Waals surface area contributed by atoms with E-state index >= 15 is 0 Å². The van der Waals surface area contributed by atoms with Crippen LogP contribution in [-0.2, 0) is 4.79 Å². The number of hydrogen-bond donors (Lipinski definition) is 1. The number of thiophene rings is 1. The lowest BCUT2D eigenvalue weighted by molar-refractivity contribution is -0.149. The van der Waals surface area contributed by atoms with E-state index in [1.807, 2.05) is 0 Å². The van der Waals surface area contributed by atoms with Crippen LogP contribution < -0.4 is 10.2 Å². The van der Waals surface area contributed by atoms with Gasteiger partial charge in [0.05, 0.1) is 12.1 Å². The Morgan fingerprint density at radius 3 is 2.57 bits per heavy atom. The largest absolute Gasteiger partial charge is 0.497 e. The van der Waals surface area contributed by atoms with Gasteiger partial charge in [0.1, 0.15) is 22.0 Å². The minimum absolute atomic E-state index is 0.302. The Labute approximate surface area is 179 Å². The normalized spacial score (nSPS) is 18.9. The van der Waals surface area contributed by atoms with Crippen molar-refractivity contribution >= 4 is 68.0 Å². The van der Waals surface area contributed by atoms with Crippen LogP contribution in [0.4, 0.5) is 0 Å². The molecule has 1 aliphatic heterocycles. The van der Waals surface area contributed by atoms with Gasteiger partial charge in [0.2, 0.25) is 0 Å². The monoisotopic (exact) mass is 454 g/mol. The van der Waals surface area contributed by atoms with Crippen LogP contribution >= 0.6 is 46.1 Å². The van der Waals surface area contributed by atoms with Crippen LogP contribution in [0, 0.1) is 0 Å². The lowest BCUT2D eigenvalue weighted by Gasteiger charge is -2.43. The van der Waals surface area contributed by atoms with Crippen LogP contribution in [0.5, 0.6) is 5.75 Å². The van der Waals surface area contributed by atoms with Gasteiger partial charge in [0, 0.05) is 15.1 Å². The van der Waals surface area contributed by atoms with Crippen LogP contribution in [0.3, 0.4) is 0 Å². The molecule has 0 bridgehead atoms. The fraction of sp³-hybridized carbons (Fsp3) is 0.158. The summed E-state index contributed by atoms with van der Waals surface area (Å²) in [6.07, 6.45) is 0.